The fourth-order valence-electron chi connectivity index (χ4n) is 5.33. The van der Waals surface area contributed by atoms with Gasteiger partial charge in [-0.2, -0.15) is 0 Å². The number of hydrogen-bond acceptors (Lipinski definition) is 12. The van der Waals surface area contributed by atoms with Crippen molar-refractivity contribution >= 4 is 144 Å². The normalized spacial score (nSPS) is 17.8. The Balaban J connectivity index is 1.76. The summed E-state index contributed by atoms with van der Waals surface area (Å²) in [5.41, 5.74) is 3.89. The molecule has 2 N–H and O–H groups in total. The topological polar surface area (TPSA) is 149 Å². The lowest BCUT2D eigenvalue weighted by Crippen LogP contribution is -2.71. The molecule has 0 spiro atoms. The number of aromatic nitrogens is 1. The smallest absolute Gasteiger partial charge is 0.355 e. The maximum Gasteiger partial charge on any atom is 0.355 e. The van der Waals surface area contributed by atoms with Crippen LogP contribution in [0.1, 0.15) is 39.6 Å². The third-order valence-corrected chi connectivity index (χ3v) is 12.1. The molecular weight excluding hydrogens is 869 g/mol. The van der Waals surface area contributed by atoms with E-state index in [1.54, 1.807) is 35.9 Å². The van der Waals surface area contributed by atoms with Gasteiger partial charge < -0.3 is 24.9 Å². The van der Waals surface area contributed by atoms with Gasteiger partial charge in [0.15, 0.2) is 10.8 Å². The van der Waals surface area contributed by atoms with Crippen LogP contribution in [0.15, 0.2) is 34.0 Å². The number of thiazole rings is 1. The number of oxime groups is 1. The van der Waals surface area contributed by atoms with Crippen molar-refractivity contribution < 1.29 is 33.5 Å². The van der Waals surface area contributed by atoms with Crippen LogP contribution in [0.5, 0.6) is 0 Å². The number of methoxy groups -OCH3 is 2. The van der Waals surface area contributed by atoms with E-state index in [4.69, 9.17) is 14.3 Å². The molecule has 2 aliphatic heterocycles. The number of ether oxygens (including phenoxy) is 2. The number of anilines is 1. The number of nitrogens with zero attached hydrogens (tertiary/aromatic N) is 3. The highest BCUT2D eigenvalue weighted by molar-refractivity contribution is 14.1. The van der Waals surface area contributed by atoms with Gasteiger partial charge in [-0.25, -0.2) is 14.6 Å². The molecule has 0 radical (unpaired) electrons. The largest absolute Gasteiger partial charge is 0.466 e. The summed E-state index contributed by atoms with van der Waals surface area (Å²) in [6.45, 7) is 1.82. The van der Waals surface area contributed by atoms with Gasteiger partial charge in [0.1, 0.15) is 22.8 Å². The monoisotopic (exact) mass is 901 g/mol. The molecule has 2 aliphatic rings. The fourth-order valence-corrected chi connectivity index (χ4v) is 9.31. The van der Waals surface area contributed by atoms with Crippen LogP contribution in [0, 0.1) is 6.92 Å². The highest BCUT2D eigenvalue weighted by Crippen LogP contribution is 2.41. The van der Waals surface area contributed by atoms with Crippen LogP contribution in [0.2, 0.25) is 0 Å². The molecule has 1 aromatic heterocycles. The van der Waals surface area contributed by atoms with Gasteiger partial charge in [0.2, 0.25) is 6.10 Å². The van der Waals surface area contributed by atoms with E-state index in [2.05, 4.69) is 76.3 Å². The summed E-state index contributed by atoms with van der Waals surface area (Å²) in [6.07, 6.45) is 6.29. The molecule has 19 heteroatoms. The summed E-state index contributed by atoms with van der Waals surface area (Å²) in [5, 5.41) is 12.2. The Labute approximate surface area is 319 Å². The van der Waals surface area contributed by atoms with Crippen molar-refractivity contribution in [3.8, 4) is 0 Å². The first-order chi connectivity index (χ1) is 24.1. The molecule has 1 fully saturated rings. The van der Waals surface area contributed by atoms with Gasteiger partial charge in [0.05, 0.1) is 14.2 Å². The summed E-state index contributed by atoms with van der Waals surface area (Å²) in [6, 6.07) is -0.994. The minimum Gasteiger partial charge on any atom is -0.466 e. The van der Waals surface area contributed by atoms with Crippen molar-refractivity contribution in [1.82, 2.24) is 15.2 Å². The van der Waals surface area contributed by atoms with Gasteiger partial charge in [-0.05, 0) is 52.1 Å². The van der Waals surface area contributed by atoms with Crippen molar-refractivity contribution in [2.45, 2.75) is 24.4 Å². The standard InChI is InChI=1S/C31H32IN5O7P4S2/c1-14-20(17(10-46)16(9-45)18(11-47)25(14)48-5)24(30(41)43-4)44-36-21(19-13-50-31(33-2)34-19)26(38)35-22-27(39)37-23(29(40)42-3)15(7-6-8-32)12-49-28(22)37/h6-7,9-11,13,22,24,28,45-47H,5,8,12H2,1-4H3,(H,33,34)(H,35,38)/b7-6+,36-21+. The molecule has 3 unspecified atom stereocenters. The lowest BCUT2D eigenvalue weighted by Gasteiger charge is -2.49. The van der Waals surface area contributed by atoms with Crippen LogP contribution in [0.4, 0.5) is 5.13 Å². The van der Waals surface area contributed by atoms with E-state index >= 15 is 0 Å². The van der Waals surface area contributed by atoms with E-state index in [-0.39, 0.29) is 17.1 Å². The zero-order chi connectivity index (χ0) is 36.7. The molecule has 0 saturated carbocycles. The van der Waals surface area contributed by atoms with E-state index in [1.165, 1.54) is 42.2 Å². The Kier molecular flexibility index (Phi) is 14.5. The van der Waals surface area contributed by atoms with Crippen LogP contribution in [0.25, 0.3) is 0 Å². The van der Waals surface area contributed by atoms with E-state index in [0.29, 0.717) is 51.3 Å². The summed E-state index contributed by atoms with van der Waals surface area (Å²) in [7, 11) is 15.3. The zero-order valence-electron chi connectivity index (χ0n) is 27.2. The first kappa shape index (κ1) is 40.0. The summed E-state index contributed by atoms with van der Waals surface area (Å²) >= 11 is 4.80. The highest BCUT2D eigenvalue weighted by Gasteiger charge is 2.54. The number of rotatable bonds is 15. The van der Waals surface area contributed by atoms with Crippen LogP contribution < -0.4 is 15.9 Å². The summed E-state index contributed by atoms with van der Waals surface area (Å²) in [4.78, 5) is 65.3. The summed E-state index contributed by atoms with van der Waals surface area (Å²) in [5.74, 6) is 2.82. The second-order valence-corrected chi connectivity index (χ2v) is 14.7. The molecule has 0 bridgehead atoms. The predicted molar refractivity (Wildman–Crippen MR) is 221 cm³/mol. The molecule has 2 aromatic rings. The Morgan fingerprint density at radius 2 is 1.90 bits per heavy atom. The maximum atomic E-state index is 14.0. The first-order valence-electron chi connectivity index (χ1n) is 14.5. The number of halogens is 1. The van der Waals surface area contributed by atoms with E-state index in [1.807, 2.05) is 13.0 Å². The third-order valence-electron chi connectivity index (χ3n) is 7.65. The summed E-state index contributed by atoms with van der Waals surface area (Å²) < 4.78 is 10.8. The first-order valence-corrected chi connectivity index (χ1v) is 20.8. The molecule has 262 valence electrons. The van der Waals surface area contributed by atoms with Crippen LogP contribution in [-0.2, 0) is 33.5 Å². The van der Waals surface area contributed by atoms with Gasteiger partial charge in [0, 0.05) is 33.5 Å². The molecule has 50 heavy (non-hydrogen) atoms. The molecule has 1 aromatic carbocycles. The lowest BCUT2D eigenvalue weighted by atomic mass is 9.90. The Morgan fingerprint density at radius 3 is 2.46 bits per heavy atom. The molecule has 2 amide bonds. The number of β-lactam (4-membered cyclic amide) rings is 1. The number of allylic oxidation sites excluding steroid dienone is 2. The average Bonchev–Trinajstić information content (AvgIpc) is 3.62. The fraction of sp³-hybridized carbons (Fsp3) is 0.290. The number of hydrogen-bond donors (Lipinski definition) is 2. The Morgan fingerprint density at radius 1 is 1.20 bits per heavy atom. The van der Waals surface area contributed by atoms with E-state index in [9.17, 15) is 19.2 Å². The van der Waals surface area contributed by atoms with Crippen molar-refractivity contribution in [3.05, 3.63) is 62.3 Å². The van der Waals surface area contributed by atoms with Crippen LogP contribution in [-0.4, -0.2) is 106 Å². The number of fused-ring (bicyclic) bond motifs is 1. The number of esters is 2. The van der Waals surface area contributed by atoms with Crippen LogP contribution >= 0.6 is 80.5 Å². The van der Waals surface area contributed by atoms with Crippen molar-refractivity contribution in [3.63, 3.8) is 0 Å². The molecule has 12 nitrogen and oxygen atoms in total. The highest BCUT2D eigenvalue weighted by atomic mass is 127. The SMILES string of the molecule is C=Pc1c(C)c(C(O/N=C(/C(=O)NC2C(=O)N3C(C(=O)OC)=C(/C=C/CI)CSC23)c2csc(NC)n2)C(=O)OC)c(C=P)c(C=P)c1C=P. The maximum absolute atomic E-state index is 14.0. The number of thioether (sulfide) groups is 1. The van der Waals surface area contributed by atoms with E-state index in [0.717, 1.165) is 10.9 Å². The van der Waals surface area contributed by atoms with Crippen LogP contribution in [0.3, 0.4) is 0 Å². The number of alkyl halides is 1. The second-order valence-electron chi connectivity index (χ2n) is 10.2. The van der Waals surface area contributed by atoms with Crippen molar-refractivity contribution in [1.29, 1.82) is 0 Å². The van der Waals surface area contributed by atoms with Gasteiger partial charge in [-0.3, -0.25) is 14.5 Å². The molecule has 4 rings (SSSR count). The number of carbonyl (C=O) groups excluding carboxylic acids is 4. The Hall–Kier alpha value is -2.76. The van der Waals surface area contributed by atoms with E-state index < -0.39 is 41.3 Å². The number of amides is 2. The zero-order valence-corrected chi connectivity index (χ0v) is 34.8. The minimum absolute atomic E-state index is 0.139. The Bertz CT molecular complexity index is 1880. The van der Waals surface area contributed by atoms with Gasteiger partial charge in [0.25, 0.3) is 11.8 Å². The third kappa shape index (κ3) is 7.84. The number of carbonyl (C=O) groups is 4. The molecule has 3 atom stereocenters. The van der Waals surface area contributed by atoms with Gasteiger partial charge >= 0.3 is 11.9 Å². The quantitative estimate of drug-likeness (QED) is 0.0515. The molecule has 0 aliphatic carbocycles. The second kappa shape index (κ2) is 18.1. The number of nitrogens with one attached hydrogen (secondary N) is 2. The van der Waals surface area contributed by atoms with Gasteiger partial charge in [-0.15, -0.1) is 49.7 Å². The lowest BCUT2D eigenvalue weighted by molar-refractivity contribution is -0.154. The minimum atomic E-state index is -1.43. The average molecular weight is 902 g/mol. The number of benzene rings is 1. The van der Waals surface area contributed by atoms with Crippen molar-refractivity contribution in [2.75, 3.05) is 36.8 Å². The molecule has 1 saturated heterocycles. The predicted octanol–water partition coefficient (Wildman–Crippen LogP) is 3.83. The van der Waals surface area contributed by atoms with Gasteiger partial charge in [-0.1, -0.05) is 54.4 Å². The molecule has 3 heterocycles. The van der Waals surface area contributed by atoms with Crippen molar-refractivity contribution in [2.24, 2.45) is 5.16 Å². The molecular formula is C31H32IN5O7P4S2.